The number of hydrogen-bond donors (Lipinski definition) is 11. The summed E-state index contributed by atoms with van der Waals surface area (Å²) in [5.41, 5.74) is 31.5. The number of hydrogen-bond acceptors (Lipinski definition) is 17. The van der Waals surface area contributed by atoms with Crippen LogP contribution in [0.5, 0.6) is 23.0 Å². The number of rotatable bonds is 25. The maximum Gasteiger partial charge on any atom is 0.490 e. The van der Waals surface area contributed by atoms with E-state index in [0.29, 0.717) is 108 Å². The molecule has 7 rings (SSSR count). The van der Waals surface area contributed by atoms with Crippen molar-refractivity contribution in [2.45, 2.75) is 130 Å². The van der Waals surface area contributed by atoms with Crippen molar-refractivity contribution in [1.29, 1.82) is 0 Å². The van der Waals surface area contributed by atoms with Crippen LogP contribution in [0.1, 0.15) is 123 Å². The Kier molecular flexibility index (Phi) is 28.8. The van der Waals surface area contributed by atoms with Gasteiger partial charge in [0, 0.05) is 59.8 Å². The van der Waals surface area contributed by atoms with Crippen LogP contribution >= 0.6 is 0 Å². The third-order valence-corrected chi connectivity index (χ3v) is 13.9. The van der Waals surface area contributed by atoms with E-state index >= 15 is 0 Å². The summed E-state index contributed by atoms with van der Waals surface area (Å²) in [7, 11) is 0. The Morgan fingerprint density at radius 1 is 0.571 bits per heavy atom. The fraction of sp³-hybridized carbons (Fsp3) is 0.419. The van der Waals surface area contributed by atoms with Crippen molar-refractivity contribution in [1.82, 2.24) is 20.6 Å². The van der Waals surface area contributed by atoms with Gasteiger partial charge in [-0.25, -0.2) is 9.59 Å². The number of aliphatic hydroxyl groups is 1. The predicted molar refractivity (Wildman–Crippen MR) is 329 cm³/mol. The number of carboxylic acids is 2. The minimum Gasteiger partial charge on any atom is -0.490 e. The van der Waals surface area contributed by atoms with Crippen LogP contribution in [0.2, 0.25) is 0 Å². The van der Waals surface area contributed by atoms with Gasteiger partial charge in [-0.3, -0.25) is 29.1 Å². The molecule has 496 valence electrons. The van der Waals surface area contributed by atoms with Crippen molar-refractivity contribution in [2.24, 2.45) is 28.9 Å². The lowest BCUT2D eigenvalue weighted by molar-refractivity contribution is -0.193. The monoisotopic (exact) mass is 1280 g/mol. The van der Waals surface area contributed by atoms with Gasteiger partial charge in [0.2, 0.25) is 11.8 Å². The molecule has 29 heteroatoms. The highest BCUT2D eigenvalue weighted by Crippen LogP contribution is 2.40. The van der Waals surface area contributed by atoms with Gasteiger partial charge in [0.05, 0.1) is 72.6 Å². The molecule has 1 aliphatic rings. The van der Waals surface area contributed by atoms with Crippen LogP contribution in [0.25, 0.3) is 21.8 Å². The highest BCUT2D eigenvalue weighted by Gasteiger charge is 2.39. The molecule has 0 spiro atoms. The molecule has 0 bridgehead atoms. The number of carbonyl (C=O) groups is 6. The smallest absolute Gasteiger partial charge is 0.490 e. The number of alkyl halides is 6. The summed E-state index contributed by atoms with van der Waals surface area (Å²) in [6.45, 7) is 13.6. The number of benzene rings is 4. The molecule has 1 fully saturated rings. The number of amides is 4. The first-order valence-electron chi connectivity index (χ1n) is 29.2. The first-order chi connectivity index (χ1) is 43.1. The lowest BCUT2D eigenvalue weighted by Gasteiger charge is -2.24. The minimum absolute atomic E-state index is 0.124. The third-order valence-electron chi connectivity index (χ3n) is 13.9. The fourth-order valence-corrected chi connectivity index (χ4v) is 9.65. The number of nitrogens with zero attached hydrogens (tertiary/aromatic N) is 2. The molecule has 2 aromatic heterocycles. The highest BCUT2D eigenvalue weighted by atomic mass is 19.4. The van der Waals surface area contributed by atoms with E-state index in [1.165, 1.54) is 31.7 Å². The van der Waals surface area contributed by atoms with Crippen molar-refractivity contribution >= 4 is 80.1 Å². The maximum atomic E-state index is 12.9. The molecule has 1 saturated carbocycles. The van der Waals surface area contributed by atoms with Crippen LogP contribution in [0.15, 0.2) is 73.1 Å². The van der Waals surface area contributed by atoms with Gasteiger partial charge in [-0.05, 0) is 99.4 Å². The number of aliphatic carboxylic acids is 2. The lowest BCUT2D eigenvalue weighted by atomic mass is 9.85. The van der Waals surface area contributed by atoms with Crippen molar-refractivity contribution < 1.29 is 89.4 Å². The number of nitrogens with two attached hydrogens (primary N) is 4. The third kappa shape index (κ3) is 21.5. The number of primary amides is 2. The summed E-state index contributed by atoms with van der Waals surface area (Å²) < 4.78 is 86.6. The molecule has 6 aromatic rings. The zero-order chi connectivity index (χ0) is 67.8. The molecular weight excluding hydrogens is 1210 g/mol. The van der Waals surface area contributed by atoms with Crippen molar-refractivity contribution in [3.63, 3.8) is 0 Å². The fourth-order valence-electron chi connectivity index (χ4n) is 9.65. The summed E-state index contributed by atoms with van der Waals surface area (Å²) in [5, 5.41) is 37.3. The van der Waals surface area contributed by atoms with Gasteiger partial charge in [-0.2, -0.15) is 26.3 Å². The number of pyridine rings is 2. The van der Waals surface area contributed by atoms with Gasteiger partial charge in [0.15, 0.2) is 23.0 Å². The molecule has 2 heterocycles. The van der Waals surface area contributed by atoms with E-state index in [-0.39, 0.29) is 23.6 Å². The van der Waals surface area contributed by atoms with E-state index in [1.807, 2.05) is 83.1 Å². The van der Waals surface area contributed by atoms with Crippen LogP contribution in [0, 0.1) is 5.92 Å². The molecule has 2 atom stereocenters. The van der Waals surface area contributed by atoms with Crippen LogP contribution in [-0.4, -0.2) is 118 Å². The summed E-state index contributed by atoms with van der Waals surface area (Å²) in [4.78, 5) is 76.4. The average molecular weight is 1290 g/mol. The zero-order valence-corrected chi connectivity index (χ0v) is 51.2. The Balaban J connectivity index is 0.000000322. The Labute approximate surface area is 520 Å². The first kappa shape index (κ1) is 74.2. The lowest BCUT2D eigenvalue weighted by Crippen LogP contribution is -2.42. The minimum atomic E-state index is -5.08. The van der Waals surface area contributed by atoms with E-state index in [1.54, 1.807) is 12.1 Å². The molecule has 91 heavy (non-hydrogen) atoms. The second-order valence-electron chi connectivity index (χ2n) is 20.2. The normalized spacial score (nSPS) is 12.9. The van der Waals surface area contributed by atoms with E-state index < -0.39 is 60.7 Å². The van der Waals surface area contributed by atoms with Crippen LogP contribution < -0.4 is 63.1 Å². The van der Waals surface area contributed by atoms with Gasteiger partial charge in [-0.15, -0.1) is 0 Å². The van der Waals surface area contributed by atoms with E-state index in [0.717, 1.165) is 52.9 Å². The SMILES string of the molecule is CCOc1cc2ncc(C(N)=O)c(Nc3cccc(CNC(=O)[C@@H](N)CC4CCCCC4)c3CC)c2cc1OCC.CCOc1cc2ncc(C(N)=O)c(Nc3cccc(CNC(=O)[C@H](N)CO)c3CC)c2cc1OCC.O=C(O)C(F)(F)F.O=C(O)C(F)(F)F. The molecule has 0 radical (unpaired) electrons. The molecular formula is C62H78F6N10O13. The number of ether oxygens (including phenoxy) is 4. The first-order valence-corrected chi connectivity index (χ1v) is 29.2. The molecule has 0 unspecified atom stereocenters. The van der Waals surface area contributed by atoms with Gasteiger partial charge < -0.3 is 78.5 Å². The highest BCUT2D eigenvalue weighted by molar-refractivity contribution is 6.09. The van der Waals surface area contributed by atoms with Crippen molar-refractivity contribution in [2.75, 3.05) is 43.7 Å². The van der Waals surface area contributed by atoms with Gasteiger partial charge in [-0.1, -0.05) is 70.2 Å². The number of anilines is 4. The van der Waals surface area contributed by atoms with E-state index in [2.05, 4.69) is 38.2 Å². The van der Waals surface area contributed by atoms with E-state index in [4.69, 9.17) is 66.8 Å². The average Bonchev–Trinajstić information content (AvgIpc) is 0.797. The molecule has 15 N–H and O–H groups in total. The molecule has 4 aromatic carbocycles. The largest absolute Gasteiger partial charge is 0.490 e. The molecule has 1 aliphatic carbocycles. The number of aromatic nitrogens is 2. The summed E-state index contributed by atoms with van der Waals surface area (Å²) >= 11 is 0. The second-order valence-corrected chi connectivity index (χ2v) is 20.2. The topological polar surface area (TPSA) is 378 Å². The second kappa shape index (κ2) is 35.2. The maximum absolute atomic E-state index is 12.9. The van der Waals surface area contributed by atoms with Crippen molar-refractivity contribution in [3.8, 4) is 23.0 Å². The van der Waals surface area contributed by atoms with Crippen LogP contribution in [0.4, 0.5) is 49.1 Å². The van der Waals surface area contributed by atoms with Crippen molar-refractivity contribution in [3.05, 3.63) is 106 Å². The molecule has 23 nitrogen and oxygen atoms in total. The van der Waals surface area contributed by atoms with Gasteiger partial charge in [0.1, 0.15) is 6.04 Å². The number of carbonyl (C=O) groups excluding carboxylic acids is 4. The standard InChI is InChI=1S/C32H43N5O4.C26H33N5O5.2C2HF3O2/c1-4-22-21(18-36-32(39)25(33)15-20-11-8-7-9-12-20)13-10-14-26(22)37-30-23-16-28(40-5-2)29(41-6-3)17-27(23)35-19-24(30)31(34)38;1-4-16-15(12-30-26(34)19(27)14-32)8-7-9-20(16)31-24-17-10-22(35-5-2)23(36-6-3)11-21(17)29-13-18(24)25(28)33;2*3-2(4,5)1(6)7/h10,13-14,16-17,19-20,25H,4-9,11-12,15,18,33H2,1-3H3,(H2,34,38)(H,35,37)(H,36,39);7-11,13,19,32H,4-6,12,14,27H2,1-3H3,(H2,28,33)(H,29,31)(H,30,34);2*(H,6,7)/t25-;19-;;/m01../s1. The Hall–Kier alpha value is -9.22. The number of carboxylic acid groups (broad SMARTS) is 2. The van der Waals surface area contributed by atoms with Gasteiger partial charge in [0.25, 0.3) is 11.8 Å². The number of fused-ring (bicyclic) bond motifs is 2. The van der Waals surface area contributed by atoms with E-state index in [9.17, 15) is 45.5 Å². The van der Waals surface area contributed by atoms with Crippen LogP contribution in [-0.2, 0) is 45.1 Å². The van der Waals surface area contributed by atoms with Gasteiger partial charge >= 0.3 is 24.3 Å². The number of aliphatic hydroxyl groups excluding tert-OH is 1. The Bertz CT molecular complexity index is 3450. The summed E-state index contributed by atoms with van der Waals surface area (Å²) in [5.74, 6) is -4.53. The number of nitrogens with one attached hydrogen (secondary N) is 4. The Morgan fingerprint density at radius 3 is 1.24 bits per heavy atom. The molecule has 0 saturated heterocycles. The summed E-state index contributed by atoms with van der Waals surface area (Å²) in [6.07, 6.45) is 0.877. The predicted octanol–water partition coefficient (Wildman–Crippen LogP) is 8.99. The molecule has 4 amide bonds. The molecule has 0 aliphatic heterocycles. The van der Waals surface area contributed by atoms with Crippen LogP contribution in [0.3, 0.4) is 0 Å². The Morgan fingerprint density at radius 2 is 0.923 bits per heavy atom. The quantitative estimate of drug-likeness (QED) is 0.0238. The zero-order valence-electron chi connectivity index (χ0n) is 51.2. The summed E-state index contributed by atoms with van der Waals surface area (Å²) in [6, 6.07) is 17.2. The number of halogens is 6.